The van der Waals surface area contributed by atoms with E-state index >= 15 is 0 Å². The number of aldehydes is 1. The van der Waals surface area contributed by atoms with Crippen LogP contribution < -0.4 is 18.9 Å². The van der Waals surface area contributed by atoms with Crippen LogP contribution in [-0.2, 0) is 4.79 Å². The fourth-order valence-electron chi connectivity index (χ4n) is 4.53. The molecule has 0 spiro atoms. The fraction of sp³-hybridized carbons (Fsp3) is 0.353. The highest BCUT2D eigenvalue weighted by Crippen LogP contribution is 2.40. The van der Waals surface area contributed by atoms with Gasteiger partial charge in [-0.05, 0) is 86.4 Å². The Balaban J connectivity index is 0.000000285. The number of rotatable bonds is 8. The van der Waals surface area contributed by atoms with E-state index in [1.807, 2.05) is 96.2 Å². The maximum Gasteiger partial charge on any atom is 0.173 e. The summed E-state index contributed by atoms with van der Waals surface area (Å²) < 4.78 is 22.2. The highest BCUT2D eigenvalue weighted by Gasteiger charge is 2.28. The van der Waals surface area contributed by atoms with E-state index in [0.29, 0.717) is 11.3 Å². The Morgan fingerprint density at radius 1 is 0.850 bits per heavy atom. The Labute approximate surface area is 237 Å². The number of hydrogen-bond acceptors (Lipinski definition) is 6. The van der Waals surface area contributed by atoms with Crippen molar-refractivity contribution >= 4 is 18.1 Å². The molecule has 40 heavy (non-hydrogen) atoms. The first-order valence-corrected chi connectivity index (χ1v) is 13.3. The molecule has 3 aromatic carbocycles. The van der Waals surface area contributed by atoms with Crippen molar-refractivity contribution < 1.29 is 28.5 Å². The van der Waals surface area contributed by atoms with Crippen molar-refractivity contribution in [3.63, 3.8) is 0 Å². The first-order chi connectivity index (χ1) is 19.0. The van der Waals surface area contributed by atoms with E-state index in [1.165, 1.54) is 0 Å². The van der Waals surface area contributed by atoms with Crippen LogP contribution in [0.25, 0.3) is 6.08 Å². The standard InChI is InChI=1S/C23H26O4.C11H14O2/c1-14-7-8-16(13-20(14)25-5)15(2)21(24)18-9-10-19-17(22(18)26-6)11-12-23(3,4)27-19;1-8-4-5-10(9(2)7-12)6-11(8)13-3/h7-13,15H,1-6H3;4-7,9H,1-3H3. The second-order valence-electron chi connectivity index (χ2n) is 10.6. The van der Waals surface area contributed by atoms with Gasteiger partial charge in [-0.15, -0.1) is 0 Å². The number of ketones is 1. The molecule has 0 aromatic heterocycles. The number of carbonyl (C=O) groups is 2. The Bertz CT molecular complexity index is 1400. The van der Waals surface area contributed by atoms with Gasteiger partial charge in [0.2, 0.25) is 0 Å². The van der Waals surface area contributed by atoms with Crippen LogP contribution in [-0.4, -0.2) is 39.0 Å². The van der Waals surface area contributed by atoms with Crippen LogP contribution in [0.1, 0.15) is 77.7 Å². The molecular formula is C34H40O6. The van der Waals surface area contributed by atoms with Gasteiger partial charge in [-0.25, -0.2) is 0 Å². The van der Waals surface area contributed by atoms with Gasteiger partial charge in [-0.2, -0.15) is 0 Å². The van der Waals surface area contributed by atoms with Gasteiger partial charge < -0.3 is 23.7 Å². The van der Waals surface area contributed by atoms with E-state index in [1.54, 1.807) is 27.4 Å². The third kappa shape index (κ3) is 6.74. The van der Waals surface area contributed by atoms with Crippen molar-refractivity contribution in [3.05, 3.63) is 88.0 Å². The summed E-state index contributed by atoms with van der Waals surface area (Å²) in [5.41, 5.74) is 5.01. The Kier molecular flexibility index (Phi) is 9.80. The van der Waals surface area contributed by atoms with E-state index in [0.717, 1.165) is 51.4 Å². The molecule has 6 nitrogen and oxygen atoms in total. The molecule has 6 heteroatoms. The first kappa shape index (κ1) is 30.5. The fourth-order valence-corrected chi connectivity index (χ4v) is 4.53. The van der Waals surface area contributed by atoms with Crippen LogP contribution in [0.4, 0.5) is 0 Å². The van der Waals surface area contributed by atoms with Crippen molar-refractivity contribution in [2.45, 2.75) is 59.0 Å². The molecule has 0 saturated heterocycles. The molecule has 1 aliphatic heterocycles. The SMILES string of the molecule is COc1cc(C(C)C(=O)c2ccc3c(c2OC)C=CC(C)(C)O3)ccc1C.COc1cc(C(C)C=O)ccc1C. The molecule has 2 atom stereocenters. The van der Waals surface area contributed by atoms with Gasteiger partial charge in [0.05, 0.1) is 32.5 Å². The number of methoxy groups -OCH3 is 3. The van der Waals surface area contributed by atoms with Gasteiger partial charge in [0.25, 0.3) is 0 Å². The molecule has 1 aliphatic rings. The van der Waals surface area contributed by atoms with Crippen LogP contribution in [0.2, 0.25) is 0 Å². The molecule has 0 radical (unpaired) electrons. The predicted octanol–water partition coefficient (Wildman–Crippen LogP) is 7.49. The quantitative estimate of drug-likeness (QED) is 0.216. The van der Waals surface area contributed by atoms with Crippen molar-refractivity contribution in [1.29, 1.82) is 0 Å². The lowest BCUT2D eigenvalue weighted by molar-refractivity contribution is -0.108. The number of ether oxygens (including phenoxy) is 4. The van der Waals surface area contributed by atoms with Crippen molar-refractivity contribution in [2.75, 3.05) is 21.3 Å². The van der Waals surface area contributed by atoms with Crippen molar-refractivity contribution in [1.82, 2.24) is 0 Å². The maximum atomic E-state index is 13.2. The number of fused-ring (bicyclic) bond motifs is 1. The van der Waals surface area contributed by atoms with Crippen LogP contribution >= 0.6 is 0 Å². The number of hydrogen-bond donors (Lipinski definition) is 0. The van der Waals surface area contributed by atoms with Crippen LogP contribution in [0.15, 0.2) is 54.6 Å². The van der Waals surface area contributed by atoms with Gasteiger partial charge in [0, 0.05) is 11.8 Å². The van der Waals surface area contributed by atoms with Gasteiger partial charge in [0.1, 0.15) is 34.9 Å². The molecule has 3 aromatic rings. The third-order valence-electron chi connectivity index (χ3n) is 7.14. The average molecular weight is 545 g/mol. The van der Waals surface area contributed by atoms with E-state index in [4.69, 9.17) is 18.9 Å². The molecule has 1 heterocycles. The lowest BCUT2D eigenvalue weighted by atomic mass is 9.89. The molecule has 0 bridgehead atoms. The molecule has 0 saturated carbocycles. The van der Waals surface area contributed by atoms with Crippen LogP contribution in [0.3, 0.4) is 0 Å². The summed E-state index contributed by atoms with van der Waals surface area (Å²) in [6.07, 6.45) is 4.87. The van der Waals surface area contributed by atoms with Crippen molar-refractivity contribution in [2.24, 2.45) is 0 Å². The van der Waals surface area contributed by atoms with Gasteiger partial charge in [-0.3, -0.25) is 4.79 Å². The molecule has 2 unspecified atom stereocenters. The Hall–Kier alpha value is -4.06. The predicted molar refractivity (Wildman–Crippen MR) is 159 cm³/mol. The zero-order valence-electron chi connectivity index (χ0n) is 25.0. The smallest absolute Gasteiger partial charge is 0.173 e. The lowest BCUT2D eigenvalue weighted by Crippen LogP contribution is -2.27. The summed E-state index contributed by atoms with van der Waals surface area (Å²) in [6.45, 7) is 11.7. The molecule has 0 aliphatic carbocycles. The summed E-state index contributed by atoms with van der Waals surface area (Å²) in [7, 11) is 4.86. The topological polar surface area (TPSA) is 71.1 Å². The summed E-state index contributed by atoms with van der Waals surface area (Å²) in [5.74, 6) is 2.51. The Morgan fingerprint density at radius 3 is 1.98 bits per heavy atom. The number of benzene rings is 3. The highest BCUT2D eigenvalue weighted by atomic mass is 16.5. The Morgan fingerprint density at radius 2 is 1.43 bits per heavy atom. The zero-order valence-corrected chi connectivity index (χ0v) is 25.0. The maximum absolute atomic E-state index is 13.2. The normalized spacial score (nSPS) is 14.4. The zero-order chi connectivity index (χ0) is 29.6. The third-order valence-corrected chi connectivity index (χ3v) is 7.14. The van der Waals surface area contributed by atoms with Gasteiger partial charge in [-0.1, -0.05) is 38.1 Å². The van der Waals surface area contributed by atoms with Gasteiger partial charge in [0.15, 0.2) is 5.78 Å². The monoisotopic (exact) mass is 544 g/mol. The number of Topliss-reactive ketones (excluding diaryl/α,β-unsaturated/α-hetero) is 1. The van der Waals surface area contributed by atoms with Crippen LogP contribution in [0.5, 0.6) is 23.0 Å². The minimum absolute atomic E-state index is 0.00112. The van der Waals surface area contributed by atoms with Crippen LogP contribution in [0, 0.1) is 13.8 Å². The summed E-state index contributed by atoms with van der Waals surface area (Å²) in [4.78, 5) is 23.8. The van der Waals surface area contributed by atoms with Crippen molar-refractivity contribution in [3.8, 4) is 23.0 Å². The average Bonchev–Trinajstić information content (AvgIpc) is 2.95. The molecular weight excluding hydrogens is 504 g/mol. The summed E-state index contributed by atoms with van der Waals surface area (Å²) >= 11 is 0. The van der Waals surface area contributed by atoms with E-state index in [9.17, 15) is 9.59 Å². The van der Waals surface area contributed by atoms with E-state index in [-0.39, 0.29) is 23.2 Å². The summed E-state index contributed by atoms with van der Waals surface area (Å²) in [6, 6.07) is 15.3. The largest absolute Gasteiger partial charge is 0.496 e. The molecule has 0 amide bonds. The molecule has 4 rings (SSSR count). The summed E-state index contributed by atoms with van der Waals surface area (Å²) in [5, 5.41) is 0. The molecule has 0 N–H and O–H groups in total. The van der Waals surface area contributed by atoms with Gasteiger partial charge >= 0.3 is 0 Å². The van der Waals surface area contributed by atoms with E-state index in [2.05, 4.69) is 0 Å². The molecule has 212 valence electrons. The van der Waals surface area contributed by atoms with E-state index < -0.39 is 0 Å². The molecule has 0 fully saturated rings. The minimum atomic E-state index is -0.380. The second-order valence-corrected chi connectivity index (χ2v) is 10.6. The highest BCUT2D eigenvalue weighted by molar-refractivity contribution is 6.04. The number of carbonyl (C=O) groups excluding carboxylic acids is 2. The number of aryl methyl sites for hydroxylation is 2. The lowest BCUT2D eigenvalue weighted by Gasteiger charge is -2.29. The first-order valence-electron chi connectivity index (χ1n) is 13.3. The second kappa shape index (κ2) is 12.9. The minimum Gasteiger partial charge on any atom is -0.496 e.